The number of rotatable bonds is 2. The topological polar surface area (TPSA) is 61.3 Å². The SMILES string of the molecule is COc1c(N)cc(-c2nc3cc(C)c(C)cc3o2)cc1Br. The van der Waals surface area contributed by atoms with Crippen LogP contribution < -0.4 is 10.5 Å². The molecule has 3 aromatic rings. The Morgan fingerprint density at radius 3 is 2.52 bits per heavy atom. The van der Waals surface area contributed by atoms with E-state index in [1.165, 1.54) is 11.1 Å². The number of methoxy groups -OCH3 is 1. The summed E-state index contributed by atoms with van der Waals surface area (Å²) in [4.78, 5) is 4.54. The first-order chi connectivity index (χ1) is 9.99. The first-order valence-electron chi connectivity index (χ1n) is 6.50. The number of fused-ring (bicyclic) bond motifs is 1. The maximum Gasteiger partial charge on any atom is 0.227 e. The van der Waals surface area contributed by atoms with Gasteiger partial charge >= 0.3 is 0 Å². The summed E-state index contributed by atoms with van der Waals surface area (Å²) in [5, 5.41) is 0. The van der Waals surface area contributed by atoms with Gasteiger partial charge in [0.2, 0.25) is 5.89 Å². The second-order valence-electron chi connectivity index (χ2n) is 5.00. The largest absolute Gasteiger partial charge is 0.493 e. The van der Waals surface area contributed by atoms with Crippen molar-refractivity contribution < 1.29 is 9.15 Å². The molecule has 0 radical (unpaired) electrons. The molecule has 1 heterocycles. The first kappa shape index (κ1) is 13.9. The molecule has 4 nitrogen and oxygen atoms in total. The van der Waals surface area contributed by atoms with Crippen LogP contribution in [-0.4, -0.2) is 12.1 Å². The van der Waals surface area contributed by atoms with Crippen LogP contribution in [0.1, 0.15) is 11.1 Å². The molecule has 2 N–H and O–H groups in total. The van der Waals surface area contributed by atoms with Gasteiger partial charge in [0.25, 0.3) is 0 Å². The highest BCUT2D eigenvalue weighted by Gasteiger charge is 2.14. The summed E-state index contributed by atoms with van der Waals surface area (Å²) < 4.78 is 11.9. The number of aryl methyl sites for hydroxylation is 2. The van der Waals surface area contributed by atoms with E-state index in [1.807, 2.05) is 18.2 Å². The van der Waals surface area contributed by atoms with Gasteiger partial charge in [0.1, 0.15) is 5.52 Å². The summed E-state index contributed by atoms with van der Waals surface area (Å²) in [6, 6.07) is 7.72. The summed E-state index contributed by atoms with van der Waals surface area (Å²) >= 11 is 3.45. The third-order valence-electron chi connectivity index (χ3n) is 3.53. The molecule has 0 amide bonds. The van der Waals surface area contributed by atoms with Crippen molar-refractivity contribution in [3.05, 3.63) is 39.9 Å². The fourth-order valence-corrected chi connectivity index (χ4v) is 2.89. The molecule has 0 spiro atoms. The van der Waals surface area contributed by atoms with Crippen molar-refractivity contribution >= 4 is 32.7 Å². The number of anilines is 1. The molecule has 0 unspecified atom stereocenters. The monoisotopic (exact) mass is 346 g/mol. The Morgan fingerprint density at radius 2 is 1.86 bits per heavy atom. The number of nitrogen functional groups attached to an aromatic ring is 1. The van der Waals surface area contributed by atoms with Crippen LogP contribution in [0.4, 0.5) is 5.69 Å². The van der Waals surface area contributed by atoms with Gasteiger partial charge in [0.15, 0.2) is 11.3 Å². The van der Waals surface area contributed by atoms with Crippen molar-refractivity contribution in [1.29, 1.82) is 0 Å². The molecule has 0 aliphatic heterocycles. The molecule has 1 aromatic heterocycles. The molecule has 108 valence electrons. The minimum Gasteiger partial charge on any atom is -0.493 e. The van der Waals surface area contributed by atoms with Crippen molar-refractivity contribution in [1.82, 2.24) is 4.98 Å². The summed E-state index contributed by atoms with van der Waals surface area (Å²) in [5.74, 6) is 1.16. The maximum atomic E-state index is 5.99. The molecule has 21 heavy (non-hydrogen) atoms. The van der Waals surface area contributed by atoms with Gasteiger partial charge in [-0.15, -0.1) is 0 Å². The minimum absolute atomic E-state index is 0.538. The Balaban J connectivity index is 2.16. The molecule has 2 aromatic carbocycles. The number of hydrogen-bond donors (Lipinski definition) is 1. The molecule has 3 rings (SSSR count). The summed E-state index contributed by atoms with van der Waals surface area (Å²) in [5.41, 5.74) is 11.3. The lowest BCUT2D eigenvalue weighted by molar-refractivity contribution is 0.414. The molecular formula is C16H15BrN2O2. The summed E-state index contributed by atoms with van der Waals surface area (Å²) in [7, 11) is 1.58. The Morgan fingerprint density at radius 1 is 1.14 bits per heavy atom. The van der Waals surface area contributed by atoms with Crippen LogP contribution in [0, 0.1) is 13.8 Å². The highest BCUT2D eigenvalue weighted by molar-refractivity contribution is 9.10. The number of halogens is 1. The van der Waals surface area contributed by atoms with Crippen LogP contribution >= 0.6 is 15.9 Å². The van der Waals surface area contributed by atoms with E-state index in [1.54, 1.807) is 13.2 Å². The van der Waals surface area contributed by atoms with Crippen LogP contribution in [0.2, 0.25) is 0 Å². The minimum atomic E-state index is 0.538. The number of ether oxygens (including phenoxy) is 1. The van der Waals surface area contributed by atoms with E-state index in [0.717, 1.165) is 21.1 Å². The van der Waals surface area contributed by atoms with E-state index in [2.05, 4.69) is 34.8 Å². The van der Waals surface area contributed by atoms with Crippen LogP contribution in [0.3, 0.4) is 0 Å². The van der Waals surface area contributed by atoms with Crippen LogP contribution in [0.25, 0.3) is 22.6 Å². The molecule has 0 aliphatic rings. The third-order valence-corrected chi connectivity index (χ3v) is 4.12. The van der Waals surface area contributed by atoms with Crippen LogP contribution in [0.15, 0.2) is 33.2 Å². The number of oxazole rings is 1. The van der Waals surface area contributed by atoms with Crippen molar-refractivity contribution in [3.8, 4) is 17.2 Å². The van der Waals surface area contributed by atoms with Gasteiger partial charge in [0, 0.05) is 5.56 Å². The predicted octanol–water partition coefficient (Wildman–Crippen LogP) is 4.46. The van der Waals surface area contributed by atoms with Gasteiger partial charge in [-0.1, -0.05) is 0 Å². The molecule has 0 saturated heterocycles. The Kier molecular flexibility index (Phi) is 3.37. The second-order valence-corrected chi connectivity index (χ2v) is 5.86. The van der Waals surface area contributed by atoms with E-state index in [0.29, 0.717) is 17.3 Å². The Bertz CT molecular complexity index is 778. The van der Waals surface area contributed by atoms with Gasteiger partial charge in [0.05, 0.1) is 17.3 Å². The normalized spacial score (nSPS) is 11.0. The lowest BCUT2D eigenvalue weighted by Gasteiger charge is -2.08. The van der Waals surface area contributed by atoms with E-state index in [9.17, 15) is 0 Å². The predicted molar refractivity (Wildman–Crippen MR) is 87.6 cm³/mol. The fourth-order valence-electron chi connectivity index (χ4n) is 2.26. The lowest BCUT2D eigenvalue weighted by atomic mass is 10.1. The average molecular weight is 347 g/mol. The zero-order valence-corrected chi connectivity index (χ0v) is 13.6. The van der Waals surface area contributed by atoms with Crippen molar-refractivity contribution in [2.75, 3.05) is 12.8 Å². The first-order valence-corrected chi connectivity index (χ1v) is 7.30. The second kappa shape index (κ2) is 5.07. The lowest BCUT2D eigenvalue weighted by Crippen LogP contribution is -1.94. The smallest absolute Gasteiger partial charge is 0.227 e. The summed E-state index contributed by atoms with van der Waals surface area (Å²) in [6.07, 6.45) is 0. The van der Waals surface area contributed by atoms with E-state index >= 15 is 0 Å². The molecule has 0 atom stereocenters. The number of nitrogens with zero attached hydrogens (tertiary/aromatic N) is 1. The Labute approximate surface area is 131 Å². The zero-order valence-electron chi connectivity index (χ0n) is 12.0. The molecule has 5 heteroatoms. The molecular weight excluding hydrogens is 332 g/mol. The van der Waals surface area contributed by atoms with E-state index < -0.39 is 0 Å². The van der Waals surface area contributed by atoms with Crippen molar-refractivity contribution in [2.45, 2.75) is 13.8 Å². The average Bonchev–Trinajstić information content (AvgIpc) is 2.82. The standard InChI is InChI=1S/C16H15BrN2O2/c1-8-4-13-14(5-9(8)2)21-16(19-13)10-6-11(17)15(20-3)12(18)7-10/h4-7H,18H2,1-3H3. The number of benzene rings is 2. The maximum absolute atomic E-state index is 5.99. The van der Waals surface area contributed by atoms with Gasteiger partial charge in [-0.2, -0.15) is 0 Å². The molecule has 0 aliphatic carbocycles. The van der Waals surface area contributed by atoms with Gasteiger partial charge in [-0.3, -0.25) is 0 Å². The number of hydrogen-bond acceptors (Lipinski definition) is 4. The van der Waals surface area contributed by atoms with Crippen LogP contribution in [-0.2, 0) is 0 Å². The van der Waals surface area contributed by atoms with Gasteiger partial charge in [-0.25, -0.2) is 4.98 Å². The third kappa shape index (κ3) is 2.38. The van der Waals surface area contributed by atoms with E-state index in [-0.39, 0.29) is 0 Å². The van der Waals surface area contributed by atoms with Gasteiger partial charge in [-0.05, 0) is 65.2 Å². The highest BCUT2D eigenvalue weighted by atomic mass is 79.9. The molecule has 0 fully saturated rings. The molecule has 0 saturated carbocycles. The van der Waals surface area contributed by atoms with Crippen molar-refractivity contribution in [2.24, 2.45) is 0 Å². The van der Waals surface area contributed by atoms with Crippen molar-refractivity contribution in [3.63, 3.8) is 0 Å². The van der Waals surface area contributed by atoms with E-state index in [4.69, 9.17) is 14.9 Å². The number of aromatic nitrogens is 1. The fraction of sp³-hybridized carbons (Fsp3) is 0.188. The van der Waals surface area contributed by atoms with Gasteiger partial charge < -0.3 is 14.9 Å². The highest BCUT2D eigenvalue weighted by Crippen LogP contribution is 2.36. The molecule has 0 bridgehead atoms. The summed E-state index contributed by atoms with van der Waals surface area (Å²) in [6.45, 7) is 4.12. The number of nitrogens with two attached hydrogens (primary N) is 1. The zero-order chi connectivity index (χ0) is 15.1. The quantitative estimate of drug-likeness (QED) is 0.695. The Hall–Kier alpha value is -2.01. The van der Waals surface area contributed by atoms with Crippen LogP contribution in [0.5, 0.6) is 5.75 Å².